The average Bonchev–Trinajstić information content (AvgIpc) is 3.15. The summed E-state index contributed by atoms with van der Waals surface area (Å²) in [5, 5.41) is 8.92. The van der Waals surface area contributed by atoms with Crippen molar-refractivity contribution in [2.45, 2.75) is 30.1 Å². The monoisotopic (exact) mass is 504 g/mol. The fourth-order valence-electron chi connectivity index (χ4n) is 2.67. The average molecular weight is 504 g/mol. The SMILES string of the molecule is CCNC(=NCCCSc1nccs1)NC1CCOc2ccccc21.I. The molecule has 1 aliphatic rings. The second-order valence-corrected chi connectivity index (χ2v) is 7.87. The number of hydrogen-bond acceptors (Lipinski definition) is 5. The standard InChI is InChI=1S/C18H24N4OS2.HI/c1-2-19-17(20-9-5-12-24-18-21-10-13-25-18)22-15-8-11-23-16-7-4-3-6-14(15)16;/h3-4,6-7,10,13,15H,2,5,8-9,11-12H2,1H3,(H2,19,20,22);1H. The first-order chi connectivity index (χ1) is 12.4. The number of aromatic nitrogens is 1. The lowest BCUT2D eigenvalue weighted by atomic mass is 10.0. The number of ether oxygens (including phenoxy) is 1. The Kier molecular flexibility index (Phi) is 9.55. The van der Waals surface area contributed by atoms with Crippen molar-refractivity contribution in [2.75, 3.05) is 25.4 Å². The van der Waals surface area contributed by atoms with Crippen LogP contribution in [0.4, 0.5) is 0 Å². The first kappa shape index (κ1) is 21.3. The van der Waals surface area contributed by atoms with E-state index < -0.39 is 0 Å². The number of fused-ring (bicyclic) bond motifs is 1. The van der Waals surface area contributed by atoms with Gasteiger partial charge in [0.2, 0.25) is 0 Å². The van der Waals surface area contributed by atoms with Gasteiger partial charge in [0.1, 0.15) is 10.1 Å². The number of nitrogens with zero attached hydrogens (tertiary/aromatic N) is 2. The Balaban J connectivity index is 0.00000243. The number of guanidine groups is 1. The molecule has 3 rings (SSSR count). The van der Waals surface area contributed by atoms with Gasteiger partial charge in [-0.1, -0.05) is 30.0 Å². The Morgan fingerprint density at radius 3 is 3.12 bits per heavy atom. The lowest BCUT2D eigenvalue weighted by Crippen LogP contribution is -2.41. The maximum atomic E-state index is 5.74. The Bertz CT molecular complexity index is 682. The van der Waals surface area contributed by atoms with Gasteiger partial charge in [-0.2, -0.15) is 0 Å². The predicted octanol–water partition coefficient (Wildman–Crippen LogP) is 4.32. The van der Waals surface area contributed by atoms with E-state index in [2.05, 4.69) is 34.7 Å². The van der Waals surface area contributed by atoms with Crippen LogP contribution in [0.2, 0.25) is 0 Å². The number of rotatable bonds is 7. The minimum absolute atomic E-state index is 0. The minimum Gasteiger partial charge on any atom is -0.493 e. The molecule has 1 aliphatic heterocycles. The summed E-state index contributed by atoms with van der Waals surface area (Å²) in [4.78, 5) is 9.01. The van der Waals surface area contributed by atoms with Crippen LogP contribution >= 0.6 is 47.1 Å². The number of thiazole rings is 1. The van der Waals surface area contributed by atoms with Gasteiger partial charge in [0.25, 0.3) is 0 Å². The number of hydrogen-bond donors (Lipinski definition) is 2. The van der Waals surface area contributed by atoms with Crippen molar-refractivity contribution >= 4 is 53.0 Å². The topological polar surface area (TPSA) is 58.5 Å². The van der Waals surface area contributed by atoms with E-state index in [9.17, 15) is 0 Å². The van der Waals surface area contributed by atoms with E-state index in [1.165, 1.54) is 5.56 Å². The lowest BCUT2D eigenvalue weighted by Gasteiger charge is -2.28. The molecule has 2 aromatic rings. The number of nitrogens with one attached hydrogen (secondary N) is 2. The number of benzene rings is 1. The molecule has 0 amide bonds. The zero-order chi connectivity index (χ0) is 17.3. The van der Waals surface area contributed by atoms with Crippen LogP contribution in [-0.4, -0.2) is 36.4 Å². The third kappa shape index (κ3) is 6.31. The van der Waals surface area contributed by atoms with Gasteiger partial charge in [-0.3, -0.25) is 4.99 Å². The van der Waals surface area contributed by atoms with Gasteiger partial charge in [0.15, 0.2) is 5.96 Å². The second kappa shape index (κ2) is 11.7. The molecule has 1 aromatic carbocycles. The molecule has 2 N–H and O–H groups in total. The molecule has 0 saturated carbocycles. The fourth-order valence-corrected chi connectivity index (χ4v) is 4.31. The summed E-state index contributed by atoms with van der Waals surface area (Å²) in [5.41, 5.74) is 1.21. The fraction of sp³-hybridized carbons (Fsp3) is 0.444. The Morgan fingerprint density at radius 1 is 1.42 bits per heavy atom. The quantitative estimate of drug-likeness (QED) is 0.193. The molecule has 2 heterocycles. The smallest absolute Gasteiger partial charge is 0.191 e. The van der Waals surface area contributed by atoms with Crippen LogP contribution in [0.3, 0.4) is 0 Å². The zero-order valence-electron chi connectivity index (χ0n) is 14.8. The van der Waals surface area contributed by atoms with Gasteiger partial charge < -0.3 is 15.4 Å². The minimum atomic E-state index is 0. The highest BCUT2D eigenvalue weighted by atomic mass is 127. The normalized spacial score (nSPS) is 16.2. The molecule has 0 bridgehead atoms. The molecule has 0 saturated heterocycles. The van der Waals surface area contributed by atoms with Crippen LogP contribution in [0.25, 0.3) is 0 Å². The molecule has 26 heavy (non-hydrogen) atoms. The number of aliphatic imine (C=N–C) groups is 1. The largest absolute Gasteiger partial charge is 0.493 e. The molecule has 0 aliphatic carbocycles. The van der Waals surface area contributed by atoms with Crippen molar-refractivity contribution in [1.82, 2.24) is 15.6 Å². The van der Waals surface area contributed by atoms with Gasteiger partial charge in [-0.05, 0) is 19.4 Å². The molecule has 0 radical (unpaired) electrons. The van der Waals surface area contributed by atoms with E-state index >= 15 is 0 Å². The van der Waals surface area contributed by atoms with E-state index in [4.69, 9.17) is 9.73 Å². The molecular weight excluding hydrogens is 479 g/mol. The summed E-state index contributed by atoms with van der Waals surface area (Å²) in [6.45, 7) is 4.48. The van der Waals surface area contributed by atoms with Crippen molar-refractivity contribution in [2.24, 2.45) is 4.99 Å². The van der Waals surface area contributed by atoms with Crippen molar-refractivity contribution in [1.29, 1.82) is 0 Å². The Hall–Kier alpha value is -1.000. The summed E-state index contributed by atoms with van der Waals surface area (Å²) in [6.07, 6.45) is 3.83. The highest BCUT2D eigenvalue weighted by Gasteiger charge is 2.21. The maximum absolute atomic E-state index is 5.74. The first-order valence-corrected chi connectivity index (χ1v) is 10.5. The van der Waals surface area contributed by atoms with Gasteiger partial charge >= 0.3 is 0 Å². The Labute approximate surface area is 180 Å². The van der Waals surface area contributed by atoms with Crippen LogP contribution in [0.5, 0.6) is 5.75 Å². The van der Waals surface area contributed by atoms with E-state index in [1.54, 1.807) is 23.1 Å². The molecule has 1 aromatic heterocycles. The molecule has 0 fully saturated rings. The van der Waals surface area contributed by atoms with Crippen molar-refractivity contribution in [3.05, 3.63) is 41.4 Å². The summed E-state index contributed by atoms with van der Waals surface area (Å²) < 4.78 is 6.87. The number of halogens is 1. The molecule has 1 unspecified atom stereocenters. The lowest BCUT2D eigenvalue weighted by molar-refractivity contribution is 0.261. The first-order valence-electron chi connectivity index (χ1n) is 8.65. The number of thioether (sulfide) groups is 1. The van der Waals surface area contributed by atoms with Crippen LogP contribution < -0.4 is 15.4 Å². The van der Waals surface area contributed by atoms with Crippen molar-refractivity contribution < 1.29 is 4.74 Å². The third-order valence-electron chi connectivity index (χ3n) is 3.82. The van der Waals surface area contributed by atoms with E-state index in [-0.39, 0.29) is 30.0 Å². The molecule has 5 nitrogen and oxygen atoms in total. The van der Waals surface area contributed by atoms with Crippen LogP contribution in [0, 0.1) is 0 Å². The van der Waals surface area contributed by atoms with Gasteiger partial charge in [0, 0.05) is 42.4 Å². The van der Waals surface area contributed by atoms with Crippen LogP contribution in [0.1, 0.15) is 31.4 Å². The molecule has 8 heteroatoms. The second-order valence-electron chi connectivity index (χ2n) is 5.63. The highest BCUT2D eigenvalue weighted by Crippen LogP contribution is 2.31. The van der Waals surface area contributed by atoms with Gasteiger partial charge in [-0.25, -0.2) is 4.98 Å². The molecule has 1 atom stereocenters. The molecule has 142 valence electrons. The zero-order valence-corrected chi connectivity index (χ0v) is 18.8. The summed E-state index contributed by atoms with van der Waals surface area (Å²) >= 11 is 3.49. The third-order valence-corrected chi connectivity index (χ3v) is 5.87. The number of para-hydroxylation sites is 1. The molecular formula is C18H25IN4OS2. The van der Waals surface area contributed by atoms with Crippen molar-refractivity contribution in [3.8, 4) is 5.75 Å². The maximum Gasteiger partial charge on any atom is 0.191 e. The van der Waals surface area contributed by atoms with Crippen LogP contribution in [0.15, 0.2) is 45.2 Å². The van der Waals surface area contributed by atoms with E-state index in [0.29, 0.717) is 0 Å². The summed E-state index contributed by atoms with van der Waals surface area (Å²) in [6, 6.07) is 8.47. The van der Waals surface area contributed by atoms with E-state index in [0.717, 1.165) is 54.3 Å². The Morgan fingerprint density at radius 2 is 2.31 bits per heavy atom. The van der Waals surface area contributed by atoms with E-state index in [1.807, 2.05) is 23.7 Å². The van der Waals surface area contributed by atoms with Crippen molar-refractivity contribution in [3.63, 3.8) is 0 Å². The summed E-state index contributed by atoms with van der Waals surface area (Å²) in [5.74, 6) is 2.89. The van der Waals surface area contributed by atoms with Gasteiger partial charge in [0.05, 0.1) is 12.6 Å². The molecule has 0 spiro atoms. The predicted molar refractivity (Wildman–Crippen MR) is 121 cm³/mol. The highest BCUT2D eigenvalue weighted by molar-refractivity contribution is 14.0. The van der Waals surface area contributed by atoms with Crippen LogP contribution in [-0.2, 0) is 0 Å². The summed E-state index contributed by atoms with van der Waals surface area (Å²) in [7, 11) is 0. The van der Waals surface area contributed by atoms with Gasteiger partial charge in [-0.15, -0.1) is 35.3 Å².